The fourth-order valence-electron chi connectivity index (χ4n) is 1.59. The second-order valence-corrected chi connectivity index (χ2v) is 4.20. The summed E-state index contributed by atoms with van der Waals surface area (Å²) in [5.74, 6) is 0. The molecule has 0 aliphatic heterocycles. The van der Waals surface area contributed by atoms with E-state index in [0.717, 1.165) is 17.1 Å². The summed E-state index contributed by atoms with van der Waals surface area (Å²) in [5.41, 5.74) is 2.36. The summed E-state index contributed by atoms with van der Waals surface area (Å²) in [5, 5.41) is 1.96. The van der Waals surface area contributed by atoms with E-state index in [1.165, 1.54) is 11.1 Å². The van der Waals surface area contributed by atoms with Gasteiger partial charge in [0.05, 0.1) is 0 Å². The van der Waals surface area contributed by atoms with Crippen molar-refractivity contribution in [2.75, 3.05) is 14.1 Å². The molecule has 2 nitrogen and oxygen atoms in total. The molecule has 1 heterocycles. The Morgan fingerprint density at radius 1 is 1.29 bits per heavy atom. The van der Waals surface area contributed by atoms with Gasteiger partial charge in [0.15, 0.2) is 0 Å². The Kier molecular flexibility index (Phi) is 2.48. The Hall–Kier alpha value is -0.990. The lowest BCUT2D eigenvalue weighted by Gasteiger charge is -2.06. The molecule has 0 amide bonds. The first-order valence-electron chi connectivity index (χ1n) is 4.57. The van der Waals surface area contributed by atoms with Crippen LogP contribution < -0.4 is 0 Å². The highest BCUT2D eigenvalue weighted by atomic mass is 35.5. The summed E-state index contributed by atoms with van der Waals surface area (Å²) < 4.78 is 0. The van der Waals surface area contributed by atoms with E-state index >= 15 is 0 Å². The van der Waals surface area contributed by atoms with Crippen molar-refractivity contribution in [2.24, 2.45) is 0 Å². The van der Waals surface area contributed by atoms with Gasteiger partial charge in [-0.05, 0) is 38.4 Å². The minimum absolute atomic E-state index is 0.785. The predicted molar refractivity (Wildman–Crippen MR) is 60.7 cm³/mol. The highest BCUT2D eigenvalue weighted by Gasteiger charge is 2.01. The van der Waals surface area contributed by atoms with Crippen LogP contribution in [0.15, 0.2) is 24.3 Å². The van der Waals surface area contributed by atoms with Crippen LogP contribution in [-0.4, -0.2) is 24.0 Å². The molecule has 0 fully saturated rings. The minimum Gasteiger partial charge on any atom is -0.357 e. The third kappa shape index (κ3) is 1.91. The Bertz CT molecular complexity index is 445. The standard InChI is InChI=1S/C11H13ClN2/c1-14(2)7-10-6-8-5-9(12)3-4-11(8)13-10/h3-6,13H,7H2,1-2H3. The second kappa shape index (κ2) is 3.64. The number of aromatic nitrogens is 1. The number of aromatic amines is 1. The fourth-order valence-corrected chi connectivity index (χ4v) is 1.77. The highest BCUT2D eigenvalue weighted by Crippen LogP contribution is 2.20. The summed E-state index contributed by atoms with van der Waals surface area (Å²) in [6.07, 6.45) is 0. The maximum absolute atomic E-state index is 5.91. The van der Waals surface area contributed by atoms with Crippen molar-refractivity contribution < 1.29 is 0 Å². The third-order valence-electron chi connectivity index (χ3n) is 2.13. The van der Waals surface area contributed by atoms with Gasteiger partial charge in [0.25, 0.3) is 0 Å². The lowest BCUT2D eigenvalue weighted by atomic mass is 10.2. The van der Waals surface area contributed by atoms with Crippen LogP contribution in [-0.2, 0) is 6.54 Å². The molecule has 74 valence electrons. The largest absolute Gasteiger partial charge is 0.357 e. The first-order chi connectivity index (χ1) is 6.65. The molecule has 0 unspecified atom stereocenters. The molecule has 0 bridgehead atoms. The quantitative estimate of drug-likeness (QED) is 0.804. The maximum atomic E-state index is 5.91. The molecule has 0 saturated heterocycles. The van der Waals surface area contributed by atoms with Crippen molar-refractivity contribution >= 4 is 22.5 Å². The first kappa shape index (κ1) is 9.56. The van der Waals surface area contributed by atoms with Crippen LogP contribution in [0.1, 0.15) is 5.69 Å². The van der Waals surface area contributed by atoms with Crippen LogP contribution in [0.4, 0.5) is 0 Å². The van der Waals surface area contributed by atoms with Crippen molar-refractivity contribution in [2.45, 2.75) is 6.54 Å². The number of hydrogen-bond acceptors (Lipinski definition) is 1. The van der Waals surface area contributed by atoms with Crippen molar-refractivity contribution in [3.8, 4) is 0 Å². The van der Waals surface area contributed by atoms with Crippen LogP contribution in [0.2, 0.25) is 5.02 Å². The second-order valence-electron chi connectivity index (χ2n) is 3.76. The van der Waals surface area contributed by atoms with E-state index in [-0.39, 0.29) is 0 Å². The Morgan fingerprint density at radius 3 is 2.79 bits per heavy atom. The Labute approximate surface area is 88.5 Å². The number of H-pyrrole nitrogens is 1. The van der Waals surface area contributed by atoms with Crippen LogP contribution in [0.3, 0.4) is 0 Å². The minimum atomic E-state index is 0.785. The predicted octanol–water partition coefficient (Wildman–Crippen LogP) is 2.88. The smallest absolute Gasteiger partial charge is 0.0457 e. The molecular weight excluding hydrogens is 196 g/mol. The van der Waals surface area contributed by atoms with Gasteiger partial charge in [0.2, 0.25) is 0 Å². The molecule has 0 atom stereocenters. The normalized spacial score (nSPS) is 11.4. The van der Waals surface area contributed by atoms with Gasteiger partial charge in [-0.3, -0.25) is 0 Å². The molecule has 0 saturated carbocycles. The number of benzene rings is 1. The molecule has 14 heavy (non-hydrogen) atoms. The van der Waals surface area contributed by atoms with E-state index in [1.54, 1.807) is 0 Å². The van der Waals surface area contributed by atoms with Crippen LogP contribution in [0.5, 0.6) is 0 Å². The summed E-state index contributed by atoms with van der Waals surface area (Å²) in [6, 6.07) is 8.03. The van der Waals surface area contributed by atoms with Gasteiger partial charge >= 0.3 is 0 Å². The van der Waals surface area contributed by atoms with Gasteiger partial charge < -0.3 is 9.88 Å². The molecule has 1 N–H and O–H groups in total. The zero-order valence-electron chi connectivity index (χ0n) is 8.34. The van der Waals surface area contributed by atoms with E-state index in [2.05, 4.69) is 30.0 Å². The lowest BCUT2D eigenvalue weighted by molar-refractivity contribution is 0.398. The summed E-state index contributed by atoms with van der Waals surface area (Å²) >= 11 is 5.91. The average molecular weight is 209 g/mol. The summed E-state index contributed by atoms with van der Waals surface area (Å²) in [7, 11) is 4.11. The molecule has 0 aliphatic carbocycles. The summed E-state index contributed by atoms with van der Waals surface area (Å²) in [6.45, 7) is 0.923. The van der Waals surface area contributed by atoms with E-state index in [4.69, 9.17) is 11.6 Å². The van der Waals surface area contributed by atoms with Crippen LogP contribution in [0.25, 0.3) is 10.9 Å². The molecule has 1 aromatic heterocycles. The molecule has 0 aliphatic rings. The van der Waals surface area contributed by atoms with Gasteiger partial charge in [-0.2, -0.15) is 0 Å². The van der Waals surface area contributed by atoms with Gasteiger partial charge in [-0.1, -0.05) is 11.6 Å². The van der Waals surface area contributed by atoms with Gasteiger partial charge in [-0.15, -0.1) is 0 Å². The number of fused-ring (bicyclic) bond motifs is 1. The number of nitrogens with one attached hydrogen (secondary N) is 1. The molecule has 3 heteroatoms. The zero-order valence-corrected chi connectivity index (χ0v) is 9.10. The van der Waals surface area contributed by atoms with E-state index in [1.807, 2.05) is 18.2 Å². The molecule has 0 radical (unpaired) electrons. The lowest BCUT2D eigenvalue weighted by Crippen LogP contribution is -2.10. The van der Waals surface area contributed by atoms with Crippen molar-refractivity contribution in [3.63, 3.8) is 0 Å². The molecule has 2 rings (SSSR count). The molecule has 0 spiro atoms. The average Bonchev–Trinajstić information content (AvgIpc) is 2.44. The molecule has 1 aromatic carbocycles. The van der Waals surface area contributed by atoms with E-state index < -0.39 is 0 Å². The third-order valence-corrected chi connectivity index (χ3v) is 2.36. The monoisotopic (exact) mass is 208 g/mol. The number of hydrogen-bond donors (Lipinski definition) is 1. The van der Waals surface area contributed by atoms with Crippen molar-refractivity contribution in [1.29, 1.82) is 0 Å². The summed E-state index contributed by atoms with van der Waals surface area (Å²) in [4.78, 5) is 5.49. The fraction of sp³-hybridized carbons (Fsp3) is 0.273. The number of nitrogens with zero attached hydrogens (tertiary/aromatic N) is 1. The molecule has 2 aromatic rings. The van der Waals surface area contributed by atoms with Crippen molar-refractivity contribution in [1.82, 2.24) is 9.88 Å². The molecular formula is C11H13ClN2. The van der Waals surface area contributed by atoms with Crippen molar-refractivity contribution in [3.05, 3.63) is 35.0 Å². The number of rotatable bonds is 2. The van der Waals surface area contributed by atoms with E-state index in [9.17, 15) is 0 Å². The van der Waals surface area contributed by atoms with Gasteiger partial charge in [0, 0.05) is 28.2 Å². The van der Waals surface area contributed by atoms with Gasteiger partial charge in [-0.25, -0.2) is 0 Å². The maximum Gasteiger partial charge on any atom is 0.0457 e. The topological polar surface area (TPSA) is 19.0 Å². The van der Waals surface area contributed by atoms with Crippen LogP contribution in [0, 0.1) is 0 Å². The zero-order chi connectivity index (χ0) is 10.1. The van der Waals surface area contributed by atoms with Crippen LogP contribution >= 0.6 is 11.6 Å². The highest BCUT2D eigenvalue weighted by molar-refractivity contribution is 6.31. The van der Waals surface area contributed by atoms with E-state index in [0.29, 0.717) is 0 Å². The number of halogens is 1. The first-order valence-corrected chi connectivity index (χ1v) is 4.95. The SMILES string of the molecule is CN(C)Cc1cc2cc(Cl)ccc2[nH]1. The van der Waals surface area contributed by atoms with Gasteiger partial charge in [0.1, 0.15) is 0 Å². The Morgan fingerprint density at radius 2 is 2.07 bits per heavy atom. The Balaban J connectivity index is 2.41.